The molecule has 0 saturated heterocycles. The van der Waals surface area contributed by atoms with E-state index in [0.29, 0.717) is 32.3 Å². The van der Waals surface area contributed by atoms with E-state index in [2.05, 4.69) is 27.7 Å². The Kier molecular flexibility index (Phi) is 247. The van der Waals surface area contributed by atoms with Gasteiger partial charge >= 0.3 is 0 Å². The van der Waals surface area contributed by atoms with E-state index >= 15 is 0 Å². The number of rotatable bonds is 10. The topological polar surface area (TPSA) is 256 Å². The van der Waals surface area contributed by atoms with Crippen molar-refractivity contribution in [1.29, 1.82) is 0 Å². The van der Waals surface area contributed by atoms with Crippen molar-refractivity contribution in [3.8, 4) is 0 Å². The van der Waals surface area contributed by atoms with Gasteiger partial charge in [0.1, 0.15) is 0 Å². The molecule has 11 nitrogen and oxygen atoms in total. The van der Waals surface area contributed by atoms with Crippen LogP contribution in [0.25, 0.3) is 0 Å². The minimum atomic E-state index is 0. The molecule has 238 valence electrons. The van der Waals surface area contributed by atoms with Crippen LogP contribution in [-0.4, -0.2) is 111 Å². The molecule has 14 N–H and O–H groups in total. The quantitative estimate of drug-likeness (QED) is 0.194. The molecular formula is C25H72O11. The van der Waals surface area contributed by atoms with Gasteiger partial charge in [-0.05, 0) is 45.4 Å². The first kappa shape index (κ1) is 70.4. The molecule has 0 heterocycles. The molecular weight excluding hydrogens is 476 g/mol. The fourth-order valence-electron chi connectivity index (χ4n) is 1.23. The molecule has 0 saturated carbocycles. The zero-order valence-electron chi connectivity index (χ0n) is 25.3. The lowest BCUT2D eigenvalue weighted by atomic mass is 10.0. The molecule has 36 heavy (non-hydrogen) atoms. The van der Waals surface area contributed by atoms with Crippen LogP contribution in [0, 0.1) is 5.92 Å². The normalized spacial score (nSPS) is 7.92. The summed E-state index contributed by atoms with van der Waals surface area (Å²) < 4.78 is 0. The third-order valence-electron chi connectivity index (χ3n) is 3.05. The van der Waals surface area contributed by atoms with Crippen molar-refractivity contribution in [1.82, 2.24) is 0 Å². The van der Waals surface area contributed by atoms with E-state index in [1.165, 1.54) is 19.3 Å². The van der Waals surface area contributed by atoms with E-state index in [0.717, 1.165) is 52.7 Å². The Morgan fingerprint density at radius 3 is 0.778 bits per heavy atom. The zero-order chi connectivity index (χ0) is 28.2. The van der Waals surface area contributed by atoms with E-state index in [1.54, 1.807) is 13.8 Å². The molecule has 0 amide bonds. The smallest absolute Gasteiger partial charge is 0.0459 e. The average Bonchev–Trinajstić information content (AvgIpc) is 2.85. The first-order valence-corrected chi connectivity index (χ1v) is 12.5. The number of unbranched alkanes of at least 4 members (excludes halogenated alkanes) is 3. The highest BCUT2D eigenvalue weighted by molar-refractivity contribution is 4.53. The van der Waals surface area contributed by atoms with Crippen LogP contribution in [0.4, 0.5) is 0 Å². The van der Waals surface area contributed by atoms with Gasteiger partial charge in [-0.1, -0.05) is 66.7 Å². The predicted octanol–water partition coefficient (Wildman–Crippen LogP) is 0.882. The van der Waals surface area contributed by atoms with Crippen molar-refractivity contribution >= 4 is 0 Å². The molecule has 0 bridgehead atoms. The minimum absolute atomic E-state index is 0. The van der Waals surface area contributed by atoms with Crippen molar-refractivity contribution in [2.45, 2.75) is 106 Å². The van der Waals surface area contributed by atoms with Crippen LogP contribution >= 0.6 is 0 Å². The molecule has 0 aromatic heterocycles. The summed E-state index contributed by atoms with van der Waals surface area (Å²) in [6, 6.07) is 0. The molecule has 0 radical (unpaired) electrons. The van der Waals surface area contributed by atoms with Crippen molar-refractivity contribution in [2.75, 3.05) is 53.9 Å². The fourth-order valence-corrected chi connectivity index (χ4v) is 1.23. The number of hydrogen-bond acceptors (Lipinski definition) is 8. The Bertz CT molecular complexity index is 164. The van der Waals surface area contributed by atoms with Crippen molar-refractivity contribution in [3.05, 3.63) is 0 Å². The third kappa shape index (κ3) is 226. The molecule has 0 aliphatic carbocycles. The van der Waals surface area contributed by atoms with E-state index in [9.17, 15) is 0 Å². The largest absolute Gasteiger partial charge is 0.412 e. The Balaban J connectivity index is -0.0000000230. The van der Waals surface area contributed by atoms with Gasteiger partial charge in [0, 0.05) is 53.9 Å². The number of aliphatic hydroxyl groups excluding tert-OH is 8. The molecule has 0 aliphatic rings. The Morgan fingerprint density at radius 1 is 0.444 bits per heavy atom. The second-order valence-electron chi connectivity index (χ2n) is 6.11. The molecule has 0 aliphatic heterocycles. The van der Waals surface area contributed by atoms with Gasteiger partial charge in [0.25, 0.3) is 0 Å². The summed E-state index contributed by atoms with van der Waals surface area (Å²) in [4.78, 5) is 0. The summed E-state index contributed by atoms with van der Waals surface area (Å²) in [5, 5.41) is 61.9. The summed E-state index contributed by atoms with van der Waals surface area (Å²) in [5.41, 5.74) is 0. The van der Waals surface area contributed by atoms with Crippen LogP contribution in [0.5, 0.6) is 0 Å². The van der Waals surface area contributed by atoms with Crippen LogP contribution in [0.3, 0.4) is 0 Å². The Labute approximate surface area is 223 Å². The maximum atomic E-state index is 8.75. The first-order chi connectivity index (χ1) is 15.9. The van der Waals surface area contributed by atoms with Crippen LogP contribution in [0.1, 0.15) is 106 Å². The zero-order valence-corrected chi connectivity index (χ0v) is 25.3. The number of aliphatic hydroxyl groups is 8. The number of hydrogen-bond donors (Lipinski definition) is 8. The van der Waals surface area contributed by atoms with E-state index < -0.39 is 0 Å². The Morgan fingerprint density at radius 2 is 0.694 bits per heavy atom. The molecule has 0 aromatic carbocycles. The van der Waals surface area contributed by atoms with Crippen molar-refractivity contribution in [2.24, 2.45) is 5.92 Å². The summed E-state index contributed by atoms with van der Waals surface area (Å²) >= 11 is 0. The molecule has 1 unspecified atom stereocenters. The van der Waals surface area contributed by atoms with Crippen LogP contribution in [0.15, 0.2) is 0 Å². The molecule has 1 atom stereocenters. The predicted molar refractivity (Wildman–Crippen MR) is 154 cm³/mol. The first-order valence-electron chi connectivity index (χ1n) is 12.5. The maximum absolute atomic E-state index is 8.75. The molecule has 0 rings (SSSR count). The van der Waals surface area contributed by atoms with Gasteiger partial charge in [-0.2, -0.15) is 0 Å². The second kappa shape index (κ2) is 126. The van der Waals surface area contributed by atoms with Gasteiger partial charge in [-0.15, -0.1) is 0 Å². The van der Waals surface area contributed by atoms with E-state index in [1.807, 2.05) is 6.92 Å². The maximum Gasteiger partial charge on any atom is 0.0459 e. The lowest BCUT2D eigenvalue weighted by Gasteiger charge is -2.08. The Hall–Kier alpha value is -0.440. The summed E-state index contributed by atoms with van der Waals surface area (Å²) in [5.74, 6) is 0.560. The summed E-state index contributed by atoms with van der Waals surface area (Å²) in [6.07, 6.45) is 9.78. The fraction of sp³-hybridized carbons (Fsp3) is 1.00. The van der Waals surface area contributed by atoms with E-state index in [-0.39, 0.29) is 29.6 Å². The molecule has 0 aromatic rings. The monoisotopic (exact) mass is 549 g/mol. The average molecular weight is 549 g/mol. The van der Waals surface area contributed by atoms with Crippen molar-refractivity contribution < 1.29 is 57.3 Å². The SMILES string of the molecule is CCCCC(CC)CO.CCCCO.CCCCO.CCCO.CCO.CCO.CO.CO.O.O.O. The third-order valence-corrected chi connectivity index (χ3v) is 3.05. The van der Waals surface area contributed by atoms with Crippen molar-refractivity contribution in [3.63, 3.8) is 0 Å². The van der Waals surface area contributed by atoms with Gasteiger partial charge in [0.15, 0.2) is 0 Å². The van der Waals surface area contributed by atoms with Gasteiger partial charge in [0.2, 0.25) is 0 Å². The van der Waals surface area contributed by atoms with Gasteiger partial charge in [-0.25, -0.2) is 0 Å². The second-order valence-corrected chi connectivity index (χ2v) is 6.11. The van der Waals surface area contributed by atoms with Gasteiger partial charge in [-0.3, -0.25) is 0 Å². The van der Waals surface area contributed by atoms with Crippen LogP contribution in [-0.2, 0) is 0 Å². The molecule has 0 fully saturated rings. The lowest BCUT2D eigenvalue weighted by molar-refractivity contribution is 0.212. The van der Waals surface area contributed by atoms with E-state index in [4.69, 9.17) is 40.9 Å². The van der Waals surface area contributed by atoms with Crippen LogP contribution in [0.2, 0.25) is 0 Å². The minimum Gasteiger partial charge on any atom is -0.412 e. The van der Waals surface area contributed by atoms with Crippen LogP contribution < -0.4 is 0 Å². The highest BCUT2D eigenvalue weighted by Gasteiger charge is 2.01. The summed E-state index contributed by atoms with van der Waals surface area (Å²) in [7, 11) is 2.00. The summed E-state index contributed by atoms with van der Waals surface area (Å²) in [6.45, 7) is 15.6. The van der Waals surface area contributed by atoms with Gasteiger partial charge in [0.05, 0.1) is 0 Å². The highest BCUT2D eigenvalue weighted by Crippen LogP contribution is 2.10. The lowest BCUT2D eigenvalue weighted by Crippen LogP contribution is -2.03. The standard InChI is InChI=1S/C8H18O.2C4H10O.C3H8O.2C2H6O.2CH4O.3H2O/c1-3-5-6-8(4-2)7-9;2*1-2-3-4-5;1-2-3-4;2*1-2-3;2*1-2;;;/h8-9H,3-7H2,1-2H3;2*5H,2-4H2,1H3;4H,2-3H2,1H3;2*3H,2H2,1H3;2*2H,1H3;3*1H2. The molecule has 11 heteroatoms. The molecule has 0 spiro atoms. The van der Waals surface area contributed by atoms with Gasteiger partial charge < -0.3 is 57.3 Å². The highest BCUT2D eigenvalue weighted by atomic mass is 16.3.